The summed E-state index contributed by atoms with van der Waals surface area (Å²) >= 11 is 2.04. The van der Waals surface area contributed by atoms with Crippen molar-refractivity contribution in [3.8, 4) is 0 Å². The Morgan fingerprint density at radius 1 is 1.57 bits per heavy atom. The Balaban J connectivity index is 2.15. The first-order chi connectivity index (χ1) is 6.72. The lowest BCUT2D eigenvalue weighted by atomic mass is 9.84. The Labute approximate surface area is 92.7 Å². The molecule has 1 aliphatic carbocycles. The lowest BCUT2D eigenvalue weighted by molar-refractivity contribution is 0.330. The van der Waals surface area contributed by atoms with Gasteiger partial charge in [0.15, 0.2) is 0 Å². The molecule has 0 amide bonds. The highest BCUT2D eigenvalue weighted by molar-refractivity contribution is 8.00. The summed E-state index contributed by atoms with van der Waals surface area (Å²) in [4.78, 5) is 0. The summed E-state index contributed by atoms with van der Waals surface area (Å²) in [7, 11) is 0. The fourth-order valence-electron chi connectivity index (χ4n) is 1.85. The summed E-state index contributed by atoms with van der Waals surface area (Å²) in [5.74, 6) is 0. The van der Waals surface area contributed by atoms with Crippen molar-refractivity contribution in [2.45, 2.75) is 49.8 Å². The zero-order valence-electron chi connectivity index (χ0n) is 9.51. The second-order valence-electron chi connectivity index (χ2n) is 4.39. The zero-order valence-corrected chi connectivity index (χ0v) is 10.3. The maximum absolute atomic E-state index is 3.75. The lowest BCUT2D eigenvalue weighted by Crippen LogP contribution is -2.45. The van der Waals surface area contributed by atoms with Gasteiger partial charge in [-0.1, -0.05) is 12.5 Å². The highest BCUT2D eigenvalue weighted by Crippen LogP contribution is 2.42. The largest absolute Gasteiger partial charge is 0.313 e. The molecule has 0 radical (unpaired) electrons. The van der Waals surface area contributed by atoms with Crippen molar-refractivity contribution in [3.05, 3.63) is 12.7 Å². The van der Waals surface area contributed by atoms with Gasteiger partial charge in [-0.15, -0.1) is 6.58 Å². The molecule has 0 heterocycles. The highest BCUT2D eigenvalue weighted by atomic mass is 32.2. The summed E-state index contributed by atoms with van der Waals surface area (Å²) in [6, 6.07) is 0.637. The number of rotatable bonds is 7. The van der Waals surface area contributed by atoms with E-state index in [0.29, 0.717) is 10.8 Å². The minimum Gasteiger partial charge on any atom is -0.313 e. The smallest absolute Gasteiger partial charge is 0.0281 e. The minimum absolute atomic E-state index is 0.572. The molecular formula is C12H23NS. The van der Waals surface area contributed by atoms with Crippen LogP contribution < -0.4 is 5.32 Å². The first-order valence-corrected chi connectivity index (χ1v) is 6.84. The van der Waals surface area contributed by atoms with Gasteiger partial charge in [-0.2, -0.15) is 11.8 Å². The number of nitrogens with one attached hydrogen (secondary N) is 1. The third kappa shape index (κ3) is 3.32. The molecule has 1 unspecified atom stereocenters. The number of hydrogen-bond donors (Lipinski definition) is 1. The molecule has 0 saturated heterocycles. The van der Waals surface area contributed by atoms with Crippen molar-refractivity contribution in [1.82, 2.24) is 5.32 Å². The Morgan fingerprint density at radius 3 is 2.71 bits per heavy atom. The van der Waals surface area contributed by atoms with Crippen LogP contribution in [0.25, 0.3) is 0 Å². The molecule has 14 heavy (non-hydrogen) atoms. The number of hydrogen-bond acceptors (Lipinski definition) is 2. The van der Waals surface area contributed by atoms with Crippen LogP contribution in [-0.4, -0.2) is 23.6 Å². The van der Waals surface area contributed by atoms with Gasteiger partial charge in [0.25, 0.3) is 0 Å². The van der Waals surface area contributed by atoms with Gasteiger partial charge in [-0.25, -0.2) is 0 Å². The summed E-state index contributed by atoms with van der Waals surface area (Å²) in [5, 5.41) is 3.64. The van der Waals surface area contributed by atoms with E-state index in [1.165, 1.54) is 32.2 Å². The molecule has 0 aromatic carbocycles. The SMILES string of the molecule is C=CCCC(C)NCC1(SC)CCC1. The third-order valence-electron chi connectivity index (χ3n) is 3.27. The van der Waals surface area contributed by atoms with Crippen LogP contribution in [0, 0.1) is 0 Å². The fourth-order valence-corrected chi connectivity index (χ4v) is 2.78. The Morgan fingerprint density at radius 2 is 2.29 bits per heavy atom. The maximum atomic E-state index is 3.75. The van der Waals surface area contributed by atoms with Gasteiger partial charge in [-0.05, 0) is 38.9 Å². The van der Waals surface area contributed by atoms with Gasteiger partial charge in [-0.3, -0.25) is 0 Å². The first-order valence-electron chi connectivity index (χ1n) is 5.62. The molecule has 1 fully saturated rings. The molecule has 1 atom stereocenters. The molecule has 1 aliphatic rings. The van der Waals surface area contributed by atoms with E-state index >= 15 is 0 Å². The normalized spacial score (nSPS) is 21.3. The van der Waals surface area contributed by atoms with Crippen LogP contribution in [-0.2, 0) is 0 Å². The van der Waals surface area contributed by atoms with Crippen LogP contribution in [0.1, 0.15) is 39.0 Å². The average Bonchev–Trinajstić information content (AvgIpc) is 2.14. The highest BCUT2D eigenvalue weighted by Gasteiger charge is 2.35. The summed E-state index contributed by atoms with van der Waals surface area (Å²) in [6.07, 6.45) is 10.8. The van der Waals surface area contributed by atoms with E-state index in [-0.39, 0.29) is 0 Å². The second-order valence-corrected chi connectivity index (χ2v) is 5.66. The molecular weight excluding hydrogens is 190 g/mol. The monoisotopic (exact) mass is 213 g/mol. The fraction of sp³-hybridized carbons (Fsp3) is 0.833. The van der Waals surface area contributed by atoms with Crippen molar-refractivity contribution >= 4 is 11.8 Å². The van der Waals surface area contributed by atoms with E-state index in [2.05, 4.69) is 25.1 Å². The number of thioether (sulfide) groups is 1. The molecule has 1 N–H and O–H groups in total. The standard InChI is InChI=1S/C12H23NS/c1-4-5-7-11(2)13-10-12(14-3)8-6-9-12/h4,11,13H,1,5-10H2,2-3H3. The van der Waals surface area contributed by atoms with E-state index < -0.39 is 0 Å². The van der Waals surface area contributed by atoms with Crippen molar-refractivity contribution < 1.29 is 0 Å². The molecule has 0 spiro atoms. The van der Waals surface area contributed by atoms with Crippen molar-refractivity contribution in [2.24, 2.45) is 0 Å². The van der Waals surface area contributed by atoms with E-state index in [9.17, 15) is 0 Å². The maximum Gasteiger partial charge on any atom is 0.0281 e. The predicted octanol–water partition coefficient (Wildman–Crippen LogP) is 3.22. The van der Waals surface area contributed by atoms with E-state index in [1.54, 1.807) is 0 Å². The van der Waals surface area contributed by atoms with Crippen LogP contribution in [0.2, 0.25) is 0 Å². The van der Waals surface area contributed by atoms with Crippen molar-refractivity contribution in [1.29, 1.82) is 0 Å². The molecule has 1 rings (SSSR count). The predicted molar refractivity (Wildman–Crippen MR) is 67.0 cm³/mol. The Kier molecular flexibility index (Phi) is 5.04. The zero-order chi connectivity index (χ0) is 10.4. The van der Waals surface area contributed by atoms with E-state index in [4.69, 9.17) is 0 Å². The molecule has 0 aliphatic heterocycles. The summed E-state index contributed by atoms with van der Waals surface area (Å²) < 4.78 is 0.572. The van der Waals surface area contributed by atoms with Gasteiger partial charge in [0.2, 0.25) is 0 Å². The molecule has 0 aromatic rings. The molecule has 82 valence electrons. The van der Waals surface area contributed by atoms with Gasteiger partial charge in [0.1, 0.15) is 0 Å². The summed E-state index contributed by atoms with van der Waals surface area (Å²) in [5.41, 5.74) is 0. The average molecular weight is 213 g/mol. The van der Waals surface area contributed by atoms with Crippen molar-refractivity contribution in [3.63, 3.8) is 0 Å². The molecule has 1 nitrogen and oxygen atoms in total. The molecule has 0 bridgehead atoms. The summed E-state index contributed by atoms with van der Waals surface area (Å²) in [6.45, 7) is 7.21. The van der Waals surface area contributed by atoms with E-state index in [0.717, 1.165) is 6.42 Å². The van der Waals surface area contributed by atoms with Gasteiger partial charge < -0.3 is 5.32 Å². The number of allylic oxidation sites excluding steroid dienone is 1. The van der Waals surface area contributed by atoms with Gasteiger partial charge in [0.05, 0.1) is 0 Å². The van der Waals surface area contributed by atoms with Gasteiger partial charge >= 0.3 is 0 Å². The van der Waals surface area contributed by atoms with Crippen LogP contribution in [0.15, 0.2) is 12.7 Å². The quantitative estimate of drug-likeness (QED) is 0.652. The molecule has 0 aromatic heterocycles. The van der Waals surface area contributed by atoms with Crippen LogP contribution in [0.5, 0.6) is 0 Å². The molecule has 1 saturated carbocycles. The van der Waals surface area contributed by atoms with Crippen LogP contribution in [0.4, 0.5) is 0 Å². The van der Waals surface area contributed by atoms with Crippen LogP contribution >= 0.6 is 11.8 Å². The Hall–Kier alpha value is 0.0500. The van der Waals surface area contributed by atoms with Crippen LogP contribution in [0.3, 0.4) is 0 Å². The second kappa shape index (κ2) is 5.82. The van der Waals surface area contributed by atoms with Gasteiger partial charge in [0, 0.05) is 17.3 Å². The Bertz CT molecular complexity index is 170. The first kappa shape index (κ1) is 12.1. The molecule has 2 heteroatoms. The third-order valence-corrected chi connectivity index (χ3v) is 4.69. The minimum atomic E-state index is 0.572. The van der Waals surface area contributed by atoms with E-state index in [1.807, 2.05) is 17.8 Å². The topological polar surface area (TPSA) is 12.0 Å². The van der Waals surface area contributed by atoms with Crippen molar-refractivity contribution in [2.75, 3.05) is 12.8 Å². The lowest BCUT2D eigenvalue weighted by Gasteiger charge is -2.41.